The summed E-state index contributed by atoms with van der Waals surface area (Å²) >= 11 is 1.31. The van der Waals surface area contributed by atoms with Crippen LogP contribution in [0.25, 0.3) is 0 Å². The molecular weight excluding hydrogens is 268 g/mol. The summed E-state index contributed by atoms with van der Waals surface area (Å²) in [7, 11) is 0. The van der Waals surface area contributed by atoms with Crippen LogP contribution in [-0.2, 0) is 23.7 Å². The summed E-state index contributed by atoms with van der Waals surface area (Å²) in [4.78, 5) is 11.2. The van der Waals surface area contributed by atoms with Crippen molar-refractivity contribution in [3.8, 4) is 0 Å². The van der Waals surface area contributed by atoms with Gasteiger partial charge in [-0.05, 0) is 19.3 Å². The lowest BCUT2D eigenvalue weighted by Gasteiger charge is -2.27. The molecule has 3 rings (SSSR count). The lowest BCUT2D eigenvalue weighted by atomic mass is 10.1. The van der Waals surface area contributed by atoms with Gasteiger partial charge in [-0.1, -0.05) is 11.8 Å². The maximum atomic E-state index is 11.2. The zero-order chi connectivity index (χ0) is 13.2. The largest absolute Gasteiger partial charge is 0.371 e. The van der Waals surface area contributed by atoms with Gasteiger partial charge < -0.3 is 18.9 Å². The van der Waals surface area contributed by atoms with Crippen LogP contribution < -0.4 is 0 Å². The highest BCUT2D eigenvalue weighted by Crippen LogP contribution is 2.36. The van der Waals surface area contributed by atoms with Crippen LogP contribution in [-0.4, -0.2) is 54.8 Å². The quantitative estimate of drug-likeness (QED) is 0.781. The van der Waals surface area contributed by atoms with Crippen LogP contribution in [0.1, 0.15) is 26.2 Å². The highest BCUT2D eigenvalue weighted by atomic mass is 32.2. The minimum Gasteiger partial charge on any atom is -0.371 e. The van der Waals surface area contributed by atoms with Crippen molar-refractivity contribution in [3.63, 3.8) is 0 Å². The van der Waals surface area contributed by atoms with Crippen LogP contribution in [0.2, 0.25) is 0 Å². The molecule has 6 heteroatoms. The molecule has 0 bridgehead atoms. The summed E-state index contributed by atoms with van der Waals surface area (Å²) in [6, 6.07) is 0. The van der Waals surface area contributed by atoms with Crippen LogP contribution in [0, 0.1) is 0 Å². The van der Waals surface area contributed by atoms with E-state index in [1.54, 1.807) is 6.92 Å². The van der Waals surface area contributed by atoms with E-state index >= 15 is 0 Å². The van der Waals surface area contributed by atoms with Crippen LogP contribution >= 0.6 is 11.8 Å². The Balaban J connectivity index is 1.54. The molecule has 0 radical (unpaired) electrons. The molecule has 3 unspecified atom stereocenters. The van der Waals surface area contributed by atoms with Gasteiger partial charge >= 0.3 is 0 Å². The third kappa shape index (κ3) is 3.13. The van der Waals surface area contributed by atoms with Crippen molar-refractivity contribution in [2.45, 2.75) is 56.0 Å². The number of thioether (sulfide) groups is 1. The van der Waals surface area contributed by atoms with E-state index in [9.17, 15) is 4.79 Å². The second kappa shape index (κ2) is 6.10. The third-order valence-corrected chi connectivity index (χ3v) is 4.78. The number of ether oxygens (including phenoxy) is 4. The van der Waals surface area contributed by atoms with Crippen molar-refractivity contribution in [1.82, 2.24) is 0 Å². The topological polar surface area (TPSA) is 54.0 Å². The molecule has 0 amide bonds. The van der Waals surface area contributed by atoms with Crippen molar-refractivity contribution >= 4 is 16.9 Å². The first kappa shape index (κ1) is 13.8. The Kier molecular flexibility index (Phi) is 4.44. The molecule has 0 saturated carbocycles. The standard InChI is InChI=1S/C13H20O5S/c1-8(14)19-10-7-17-12-9(6-16-13(10)12)18-11-4-2-3-5-15-11/h9-13H,2-7H2,1H3/t9?,10?,11?,12-,13-/m1/s1. The molecular formula is C13H20O5S. The molecule has 108 valence electrons. The monoisotopic (exact) mass is 288 g/mol. The Labute approximate surface area is 117 Å². The first-order chi connectivity index (χ1) is 9.24. The summed E-state index contributed by atoms with van der Waals surface area (Å²) in [6.07, 6.45) is 2.94. The Bertz CT molecular complexity index is 331. The number of rotatable bonds is 3. The molecule has 0 N–H and O–H groups in total. The summed E-state index contributed by atoms with van der Waals surface area (Å²) in [5.74, 6) is 0. The molecule has 3 fully saturated rings. The molecule has 0 aromatic heterocycles. The Morgan fingerprint density at radius 2 is 2.00 bits per heavy atom. The lowest BCUT2D eigenvalue weighted by molar-refractivity contribution is -0.201. The predicted molar refractivity (Wildman–Crippen MR) is 70.0 cm³/mol. The van der Waals surface area contributed by atoms with E-state index < -0.39 is 0 Å². The van der Waals surface area contributed by atoms with E-state index in [2.05, 4.69) is 0 Å². The number of carbonyl (C=O) groups excluding carboxylic acids is 1. The second-order valence-corrected chi connectivity index (χ2v) is 6.63. The fraction of sp³-hybridized carbons (Fsp3) is 0.923. The van der Waals surface area contributed by atoms with Crippen molar-refractivity contribution < 1.29 is 23.7 Å². The molecule has 3 heterocycles. The average Bonchev–Trinajstić information content (AvgIpc) is 2.95. The summed E-state index contributed by atoms with van der Waals surface area (Å²) in [5.41, 5.74) is 0. The molecule has 5 atom stereocenters. The molecule has 0 aliphatic carbocycles. The first-order valence-corrected chi connectivity index (χ1v) is 7.79. The fourth-order valence-electron chi connectivity index (χ4n) is 2.87. The molecule has 0 spiro atoms. The fourth-order valence-corrected chi connectivity index (χ4v) is 3.81. The number of hydrogen-bond donors (Lipinski definition) is 0. The van der Waals surface area contributed by atoms with Crippen molar-refractivity contribution in [2.75, 3.05) is 19.8 Å². The average molecular weight is 288 g/mol. The van der Waals surface area contributed by atoms with Crippen LogP contribution in [0.4, 0.5) is 0 Å². The van der Waals surface area contributed by atoms with Gasteiger partial charge in [0.1, 0.15) is 18.3 Å². The summed E-state index contributed by atoms with van der Waals surface area (Å²) < 4.78 is 23.1. The lowest BCUT2D eigenvalue weighted by Crippen LogP contribution is -2.36. The number of fused-ring (bicyclic) bond motifs is 1. The maximum absolute atomic E-state index is 11.2. The van der Waals surface area contributed by atoms with Crippen LogP contribution in [0.15, 0.2) is 0 Å². The smallest absolute Gasteiger partial charge is 0.186 e. The van der Waals surface area contributed by atoms with Crippen LogP contribution in [0.5, 0.6) is 0 Å². The molecule has 3 aliphatic rings. The first-order valence-electron chi connectivity index (χ1n) is 6.91. The van der Waals surface area contributed by atoms with Gasteiger partial charge in [-0.3, -0.25) is 4.79 Å². The van der Waals surface area contributed by atoms with Gasteiger partial charge in [0.05, 0.1) is 18.5 Å². The Morgan fingerprint density at radius 1 is 1.16 bits per heavy atom. The van der Waals surface area contributed by atoms with Gasteiger partial charge in [-0.15, -0.1) is 0 Å². The zero-order valence-corrected chi connectivity index (χ0v) is 11.9. The Hall–Kier alpha value is -0.140. The maximum Gasteiger partial charge on any atom is 0.186 e. The minimum absolute atomic E-state index is 0.0255. The van der Waals surface area contributed by atoms with Gasteiger partial charge in [0.25, 0.3) is 0 Å². The van der Waals surface area contributed by atoms with E-state index in [1.807, 2.05) is 0 Å². The SMILES string of the molecule is CC(=O)SC1CO[C@@H]2C(OC3CCCCO3)CO[C@H]12. The minimum atomic E-state index is -0.121. The highest BCUT2D eigenvalue weighted by Gasteiger charge is 2.49. The number of hydrogen-bond acceptors (Lipinski definition) is 6. The predicted octanol–water partition coefficient (Wildman–Crippen LogP) is 1.34. The van der Waals surface area contributed by atoms with Gasteiger partial charge in [-0.25, -0.2) is 0 Å². The van der Waals surface area contributed by atoms with Gasteiger partial charge in [-0.2, -0.15) is 0 Å². The number of carbonyl (C=O) groups is 1. The molecule has 0 aromatic rings. The van der Waals surface area contributed by atoms with E-state index in [1.165, 1.54) is 11.8 Å². The van der Waals surface area contributed by atoms with Gasteiger partial charge in [0, 0.05) is 13.5 Å². The van der Waals surface area contributed by atoms with E-state index in [0.29, 0.717) is 13.2 Å². The van der Waals surface area contributed by atoms with Crippen LogP contribution in [0.3, 0.4) is 0 Å². The zero-order valence-electron chi connectivity index (χ0n) is 11.1. The summed E-state index contributed by atoms with van der Waals surface area (Å²) in [6.45, 7) is 3.45. The van der Waals surface area contributed by atoms with E-state index in [0.717, 1.165) is 25.9 Å². The van der Waals surface area contributed by atoms with Gasteiger partial charge in [0.15, 0.2) is 11.4 Å². The van der Waals surface area contributed by atoms with Gasteiger partial charge in [0.2, 0.25) is 0 Å². The molecule has 3 saturated heterocycles. The van der Waals surface area contributed by atoms with Crippen molar-refractivity contribution in [1.29, 1.82) is 0 Å². The normalized spacial score (nSPS) is 42.3. The van der Waals surface area contributed by atoms with E-state index in [-0.39, 0.29) is 35.0 Å². The molecule has 0 aromatic carbocycles. The molecule has 3 aliphatic heterocycles. The second-order valence-electron chi connectivity index (χ2n) is 5.21. The molecule has 5 nitrogen and oxygen atoms in total. The molecule has 19 heavy (non-hydrogen) atoms. The van der Waals surface area contributed by atoms with Crippen molar-refractivity contribution in [2.24, 2.45) is 0 Å². The third-order valence-electron chi connectivity index (χ3n) is 3.74. The van der Waals surface area contributed by atoms with E-state index in [4.69, 9.17) is 18.9 Å². The van der Waals surface area contributed by atoms with Crippen molar-refractivity contribution in [3.05, 3.63) is 0 Å². The Morgan fingerprint density at radius 3 is 2.74 bits per heavy atom. The highest BCUT2D eigenvalue weighted by molar-refractivity contribution is 8.14. The summed E-state index contributed by atoms with van der Waals surface area (Å²) in [5, 5.41) is 0.209.